The number of benzene rings is 1. The third-order valence-corrected chi connectivity index (χ3v) is 7.92. The summed E-state index contributed by atoms with van der Waals surface area (Å²) in [6, 6.07) is 9.39. The van der Waals surface area contributed by atoms with Crippen LogP contribution < -0.4 is 10.6 Å². The lowest BCUT2D eigenvalue weighted by atomic mass is 9.49. The van der Waals surface area contributed by atoms with Gasteiger partial charge in [0.05, 0.1) is 11.7 Å². The molecule has 1 heterocycles. The molecule has 5 nitrogen and oxygen atoms in total. The molecule has 0 aliphatic heterocycles. The van der Waals surface area contributed by atoms with E-state index < -0.39 is 11.8 Å². The lowest BCUT2D eigenvalue weighted by Crippen LogP contribution is -2.48. The molecule has 1 aromatic heterocycles. The first-order chi connectivity index (χ1) is 14.0. The van der Waals surface area contributed by atoms with Crippen molar-refractivity contribution >= 4 is 28.3 Å². The van der Waals surface area contributed by atoms with E-state index in [-0.39, 0.29) is 11.5 Å². The maximum atomic E-state index is 12.4. The average Bonchev–Trinajstić information content (AvgIpc) is 3.17. The number of rotatable bonds is 4. The molecule has 4 bridgehead atoms. The Kier molecular flexibility index (Phi) is 4.69. The molecule has 1 aromatic carbocycles. The summed E-state index contributed by atoms with van der Waals surface area (Å²) in [5, 5.41) is 8.10. The maximum absolute atomic E-state index is 12.4. The second-order valence-electron chi connectivity index (χ2n) is 9.30. The molecule has 6 heteroatoms. The van der Waals surface area contributed by atoms with Gasteiger partial charge in [-0.05, 0) is 68.8 Å². The fraction of sp³-hybridized carbons (Fsp3) is 0.522. The van der Waals surface area contributed by atoms with E-state index in [9.17, 15) is 9.59 Å². The first kappa shape index (κ1) is 18.8. The van der Waals surface area contributed by atoms with Gasteiger partial charge in [-0.3, -0.25) is 14.9 Å². The van der Waals surface area contributed by atoms with Crippen LogP contribution in [0.25, 0.3) is 0 Å². The Labute approximate surface area is 175 Å². The SMILES string of the molecule is C[C@@H](NC(=O)C(=O)Nc1nc(C23CC4CC(CC(C4)C2)C3)cs1)c1ccccc1. The van der Waals surface area contributed by atoms with E-state index in [1.807, 2.05) is 37.3 Å². The molecule has 4 aliphatic carbocycles. The predicted octanol–water partition coefficient (Wildman–Crippen LogP) is 4.43. The molecule has 152 valence electrons. The molecule has 1 atom stereocenters. The third-order valence-electron chi connectivity index (χ3n) is 7.16. The highest BCUT2D eigenvalue weighted by Crippen LogP contribution is 2.60. The van der Waals surface area contributed by atoms with Gasteiger partial charge in [-0.15, -0.1) is 11.3 Å². The predicted molar refractivity (Wildman–Crippen MR) is 114 cm³/mol. The third kappa shape index (κ3) is 3.59. The number of carbonyl (C=O) groups excluding carboxylic acids is 2. The highest BCUT2D eigenvalue weighted by atomic mass is 32.1. The lowest BCUT2D eigenvalue weighted by molar-refractivity contribution is -0.136. The van der Waals surface area contributed by atoms with Crippen LogP contribution in [0, 0.1) is 17.8 Å². The number of carbonyl (C=O) groups is 2. The highest BCUT2D eigenvalue weighted by molar-refractivity contribution is 7.14. The van der Waals surface area contributed by atoms with Gasteiger partial charge in [-0.2, -0.15) is 0 Å². The maximum Gasteiger partial charge on any atom is 0.315 e. The molecular weight excluding hydrogens is 382 g/mol. The smallest absolute Gasteiger partial charge is 0.315 e. The van der Waals surface area contributed by atoms with E-state index in [0.29, 0.717) is 5.13 Å². The van der Waals surface area contributed by atoms with Gasteiger partial charge in [-0.25, -0.2) is 4.98 Å². The first-order valence-electron chi connectivity index (χ1n) is 10.6. The Bertz CT molecular complexity index is 888. The minimum Gasteiger partial charge on any atom is -0.341 e. The quantitative estimate of drug-likeness (QED) is 0.734. The monoisotopic (exact) mass is 409 g/mol. The first-order valence-corrected chi connectivity index (χ1v) is 11.5. The standard InChI is InChI=1S/C23H27N3O2S/c1-14(18-5-3-2-4-6-18)24-20(27)21(28)26-22-25-19(13-29-22)23-10-15-7-16(11-23)9-17(8-15)12-23/h2-6,13-17H,7-12H2,1H3,(H,24,27)(H,25,26,28)/t14-,15?,16?,17?,23?/m1/s1. The van der Waals surface area contributed by atoms with Gasteiger partial charge in [0.15, 0.2) is 5.13 Å². The van der Waals surface area contributed by atoms with Gasteiger partial charge in [0, 0.05) is 10.8 Å². The zero-order valence-electron chi connectivity index (χ0n) is 16.7. The fourth-order valence-electron chi connectivity index (χ4n) is 6.24. The Morgan fingerprint density at radius 2 is 1.66 bits per heavy atom. The van der Waals surface area contributed by atoms with E-state index in [4.69, 9.17) is 4.98 Å². The van der Waals surface area contributed by atoms with Crippen molar-refractivity contribution in [2.45, 2.75) is 56.9 Å². The van der Waals surface area contributed by atoms with Crippen LogP contribution in [0.3, 0.4) is 0 Å². The topological polar surface area (TPSA) is 71.1 Å². The van der Waals surface area contributed by atoms with Crippen molar-refractivity contribution in [2.24, 2.45) is 17.8 Å². The van der Waals surface area contributed by atoms with E-state index in [1.165, 1.54) is 49.9 Å². The Hall–Kier alpha value is -2.21. The van der Waals surface area contributed by atoms with Crippen LogP contribution in [0.4, 0.5) is 5.13 Å². The second kappa shape index (κ2) is 7.24. The number of anilines is 1. The summed E-state index contributed by atoms with van der Waals surface area (Å²) >= 11 is 1.44. The summed E-state index contributed by atoms with van der Waals surface area (Å²) in [4.78, 5) is 29.5. The summed E-state index contributed by atoms with van der Waals surface area (Å²) in [5.41, 5.74) is 2.31. The number of nitrogens with zero attached hydrogens (tertiary/aromatic N) is 1. The molecule has 0 saturated heterocycles. The van der Waals surface area contributed by atoms with E-state index in [0.717, 1.165) is 29.0 Å². The number of amides is 2. The normalized spacial score (nSPS) is 30.7. The van der Waals surface area contributed by atoms with Crippen LogP contribution in [-0.4, -0.2) is 16.8 Å². The fourth-order valence-corrected chi connectivity index (χ4v) is 7.07. The van der Waals surface area contributed by atoms with E-state index in [2.05, 4.69) is 16.0 Å². The van der Waals surface area contributed by atoms with Crippen LogP contribution in [0.1, 0.15) is 62.7 Å². The van der Waals surface area contributed by atoms with Crippen LogP contribution in [0.15, 0.2) is 35.7 Å². The Morgan fingerprint density at radius 1 is 1.03 bits per heavy atom. The number of hydrogen-bond donors (Lipinski definition) is 2. The summed E-state index contributed by atoms with van der Waals surface area (Å²) in [6.45, 7) is 1.87. The van der Waals surface area contributed by atoms with Crippen molar-refractivity contribution in [2.75, 3.05) is 5.32 Å². The molecule has 0 spiro atoms. The highest BCUT2D eigenvalue weighted by Gasteiger charge is 2.52. The summed E-state index contributed by atoms with van der Waals surface area (Å²) in [7, 11) is 0. The van der Waals surface area contributed by atoms with E-state index >= 15 is 0 Å². The van der Waals surface area contributed by atoms with Gasteiger partial charge in [0.1, 0.15) is 0 Å². The molecule has 6 rings (SSSR count). The number of thiazole rings is 1. The van der Waals surface area contributed by atoms with Gasteiger partial charge < -0.3 is 5.32 Å². The van der Waals surface area contributed by atoms with Crippen LogP contribution in [0.5, 0.6) is 0 Å². The molecule has 2 amide bonds. The molecular formula is C23H27N3O2S. The van der Waals surface area contributed by atoms with Gasteiger partial charge >= 0.3 is 11.8 Å². The Morgan fingerprint density at radius 3 is 2.28 bits per heavy atom. The van der Waals surface area contributed by atoms with Gasteiger partial charge in [-0.1, -0.05) is 30.3 Å². The molecule has 2 N–H and O–H groups in total. The molecule has 4 fully saturated rings. The van der Waals surface area contributed by atoms with Crippen molar-refractivity contribution in [3.8, 4) is 0 Å². The van der Waals surface area contributed by atoms with Crippen molar-refractivity contribution in [1.29, 1.82) is 0 Å². The average molecular weight is 410 g/mol. The number of hydrogen-bond acceptors (Lipinski definition) is 4. The van der Waals surface area contributed by atoms with Gasteiger partial charge in [0.25, 0.3) is 0 Å². The Balaban J connectivity index is 1.23. The second-order valence-corrected chi connectivity index (χ2v) is 10.2. The molecule has 4 aliphatic rings. The minimum absolute atomic E-state index is 0.207. The zero-order valence-corrected chi connectivity index (χ0v) is 17.5. The van der Waals surface area contributed by atoms with Crippen molar-refractivity contribution in [1.82, 2.24) is 10.3 Å². The van der Waals surface area contributed by atoms with Crippen LogP contribution in [0.2, 0.25) is 0 Å². The van der Waals surface area contributed by atoms with Crippen LogP contribution in [-0.2, 0) is 15.0 Å². The number of nitrogens with one attached hydrogen (secondary N) is 2. The van der Waals surface area contributed by atoms with E-state index in [1.54, 1.807) is 0 Å². The van der Waals surface area contributed by atoms with Crippen molar-refractivity contribution in [3.63, 3.8) is 0 Å². The molecule has 2 aromatic rings. The molecule has 4 saturated carbocycles. The summed E-state index contributed by atoms with van der Waals surface area (Å²) < 4.78 is 0. The van der Waals surface area contributed by atoms with Crippen molar-refractivity contribution in [3.05, 3.63) is 47.0 Å². The minimum atomic E-state index is -0.654. The van der Waals surface area contributed by atoms with Gasteiger partial charge in [0.2, 0.25) is 0 Å². The largest absolute Gasteiger partial charge is 0.341 e. The molecule has 29 heavy (non-hydrogen) atoms. The zero-order chi connectivity index (χ0) is 20.0. The lowest BCUT2D eigenvalue weighted by Gasteiger charge is -2.56. The van der Waals surface area contributed by atoms with Crippen LogP contribution >= 0.6 is 11.3 Å². The summed E-state index contributed by atoms with van der Waals surface area (Å²) in [5.74, 6) is 1.27. The number of aromatic nitrogens is 1. The molecule has 0 radical (unpaired) electrons. The summed E-state index contributed by atoms with van der Waals surface area (Å²) in [6.07, 6.45) is 7.91. The van der Waals surface area contributed by atoms with Crippen molar-refractivity contribution < 1.29 is 9.59 Å². The molecule has 0 unspecified atom stereocenters.